The van der Waals surface area contributed by atoms with Crippen LogP contribution in [0.3, 0.4) is 0 Å². The van der Waals surface area contributed by atoms with Gasteiger partial charge in [0.25, 0.3) is 0 Å². The van der Waals surface area contributed by atoms with Crippen LogP contribution in [0, 0.1) is 68.1 Å². The topological polar surface area (TPSA) is 47.6 Å². The summed E-state index contributed by atoms with van der Waals surface area (Å²) in [6, 6.07) is 2.47. The van der Waals surface area contributed by atoms with Gasteiger partial charge in [0.1, 0.15) is 0 Å². The van der Waals surface area contributed by atoms with Crippen LogP contribution >= 0.6 is 0 Å². The van der Waals surface area contributed by atoms with E-state index in [9.17, 15) is 0 Å². The molecule has 0 aromatic rings. The second-order valence-corrected chi connectivity index (χ2v) is 0.224. The number of rotatable bonds is 0. The van der Waals surface area contributed by atoms with E-state index in [1.807, 2.05) is 0 Å². The van der Waals surface area contributed by atoms with Crippen molar-refractivity contribution in [2.24, 2.45) is 0 Å². The molecule has 0 saturated carbocycles. The molecule has 5 heavy (non-hydrogen) atoms. The van der Waals surface area contributed by atoms with Crippen LogP contribution in [0.5, 0.6) is 0 Å². The Labute approximate surface area is 67.3 Å². The van der Waals surface area contributed by atoms with Gasteiger partial charge in [-0.2, -0.15) is 10.5 Å². The molecule has 3 heteroatoms. The fraction of sp³-hybridized carbons (Fsp3) is 0. The van der Waals surface area contributed by atoms with Crippen molar-refractivity contribution in [2.45, 2.75) is 0 Å². The molecular weight excluding hydrogens is 136 g/mol. The summed E-state index contributed by atoms with van der Waals surface area (Å²) in [6.07, 6.45) is 0. The first kappa shape index (κ1) is 9.07. The average Bonchev–Trinajstić information content (AvgIpc) is 1.37. The first-order chi connectivity index (χ1) is 1.91. The molecule has 0 aliphatic heterocycles. The fourth-order valence-electron chi connectivity index (χ4n) is 0. The van der Waals surface area contributed by atoms with Gasteiger partial charge in [0, 0.05) is 45.5 Å². The van der Waals surface area contributed by atoms with Crippen molar-refractivity contribution in [3.8, 4) is 12.1 Å². The first-order valence-corrected chi connectivity index (χ1v) is 0.697. The molecule has 0 saturated heterocycles. The van der Waals surface area contributed by atoms with Crippen LogP contribution in [0.2, 0.25) is 0 Å². The van der Waals surface area contributed by atoms with E-state index in [0.29, 0.717) is 0 Å². The SMILES string of the molecule is N#CC#N.[Kr]. The Balaban J connectivity index is 0. The van der Waals surface area contributed by atoms with E-state index < -0.39 is 0 Å². The average molecular weight is 136 g/mol. The van der Waals surface area contributed by atoms with E-state index in [4.69, 9.17) is 10.5 Å². The van der Waals surface area contributed by atoms with Crippen LogP contribution < -0.4 is 0 Å². The molecule has 0 spiro atoms. The third-order valence-corrected chi connectivity index (χ3v) is 0.0500. The van der Waals surface area contributed by atoms with Crippen molar-refractivity contribution in [3.63, 3.8) is 0 Å². The molecule has 0 unspecified atom stereocenters. The van der Waals surface area contributed by atoms with Crippen LogP contribution in [0.25, 0.3) is 0 Å². The molecule has 0 aliphatic carbocycles. The zero-order valence-electron chi connectivity index (χ0n) is 2.25. The predicted molar refractivity (Wildman–Crippen MR) is 11.2 cm³/mol. The minimum atomic E-state index is 0. The van der Waals surface area contributed by atoms with Crippen molar-refractivity contribution >= 4 is 0 Å². The Kier molecular flexibility index (Phi) is 16.0. The summed E-state index contributed by atoms with van der Waals surface area (Å²) in [5.74, 6) is 0. The predicted octanol–water partition coefficient (Wildman–Crippen LogP) is 0.0336. The molecule has 2 nitrogen and oxygen atoms in total. The Morgan fingerprint density at radius 1 is 1.00 bits per heavy atom. The van der Waals surface area contributed by atoms with Crippen molar-refractivity contribution < 1.29 is 45.5 Å². The molecule has 0 aromatic carbocycles. The second-order valence-electron chi connectivity index (χ2n) is 0.224. The maximum Gasteiger partial charge on any atom is 0.181 e. The van der Waals surface area contributed by atoms with Gasteiger partial charge in [-0.3, -0.25) is 0 Å². The molecular formula is C2KrN2. The molecule has 0 fully saturated rings. The molecule has 0 heterocycles. The second kappa shape index (κ2) is 8.82. The van der Waals surface area contributed by atoms with Gasteiger partial charge >= 0.3 is 0 Å². The molecule has 0 rings (SSSR count). The van der Waals surface area contributed by atoms with Crippen molar-refractivity contribution in [3.05, 3.63) is 0 Å². The molecule has 0 amide bonds. The van der Waals surface area contributed by atoms with Gasteiger partial charge in [0.15, 0.2) is 12.1 Å². The Morgan fingerprint density at radius 2 is 1.20 bits per heavy atom. The van der Waals surface area contributed by atoms with Gasteiger partial charge in [-0.15, -0.1) is 0 Å². The molecule has 0 atom stereocenters. The van der Waals surface area contributed by atoms with Gasteiger partial charge in [-0.1, -0.05) is 0 Å². The minimum Gasteiger partial charge on any atom is -0.181 e. The maximum atomic E-state index is 7.26. The smallest absolute Gasteiger partial charge is 0.181 e. The number of nitrogens with zero attached hydrogens (tertiary/aromatic N) is 2. The third kappa shape index (κ3) is 12.7. The van der Waals surface area contributed by atoms with E-state index >= 15 is 0 Å². The number of nitriles is 2. The third-order valence-electron chi connectivity index (χ3n) is 0.0500. The Bertz CT molecular complexity index is 62.6. The van der Waals surface area contributed by atoms with Crippen molar-refractivity contribution in [2.75, 3.05) is 0 Å². The van der Waals surface area contributed by atoms with Crippen LogP contribution in [-0.4, -0.2) is 0 Å². The fourth-order valence-corrected chi connectivity index (χ4v) is 0. The summed E-state index contributed by atoms with van der Waals surface area (Å²) >= 11 is 0. The van der Waals surface area contributed by atoms with Gasteiger partial charge in [0.05, 0.1) is 0 Å². The molecule has 0 N–H and O–H groups in total. The number of hydrogen-bond donors (Lipinski definition) is 0. The monoisotopic (exact) mass is 136 g/mol. The van der Waals surface area contributed by atoms with E-state index in [1.165, 1.54) is 12.1 Å². The molecule has 0 bridgehead atoms. The van der Waals surface area contributed by atoms with Gasteiger partial charge in [0.2, 0.25) is 0 Å². The quantitative estimate of drug-likeness (QED) is 0.471. The number of hydrogen-bond acceptors (Lipinski definition) is 2. The summed E-state index contributed by atoms with van der Waals surface area (Å²) in [5.41, 5.74) is 0. The normalized spacial score (nSPS) is 2.00. The van der Waals surface area contributed by atoms with Crippen LogP contribution in [0.1, 0.15) is 0 Å². The maximum absolute atomic E-state index is 7.26. The van der Waals surface area contributed by atoms with E-state index in [0.717, 1.165) is 0 Å². The summed E-state index contributed by atoms with van der Waals surface area (Å²) in [6.45, 7) is 0. The summed E-state index contributed by atoms with van der Waals surface area (Å²) in [7, 11) is 0. The zero-order valence-corrected chi connectivity index (χ0v) is 3.73. The molecule has 0 aliphatic rings. The van der Waals surface area contributed by atoms with Crippen molar-refractivity contribution in [1.29, 1.82) is 10.5 Å². The van der Waals surface area contributed by atoms with Gasteiger partial charge in [-0.05, 0) is 0 Å². The van der Waals surface area contributed by atoms with Gasteiger partial charge < -0.3 is 0 Å². The molecule has 0 aromatic heterocycles. The zero-order chi connectivity index (χ0) is 3.41. The van der Waals surface area contributed by atoms with E-state index in [1.54, 1.807) is 0 Å². The van der Waals surface area contributed by atoms with Gasteiger partial charge in [-0.25, -0.2) is 0 Å². The van der Waals surface area contributed by atoms with Crippen LogP contribution in [-0.2, 0) is 0 Å². The van der Waals surface area contributed by atoms with Crippen molar-refractivity contribution in [1.82, 2.24) is 0 Å². The minimum absolute atomic E-state index is 0. The largest absolute Gasteiger partial charge is 0.181 e. The standard InChI is InChI=1S/C2N2.Kr/c3-1-2-4;. The summed E-state index contributed by atoms with van der Waals surface area (Å²) in [5, 5.41) is 14.5. The van der Waals surface area contributed by atoms with Crippen LogP contribution in [0.15, 0.2) is 0 Å². The molecule has 26 valence electrons. The van der Waals surface area contributed by atoms with E-state index in [2.05, 4.69) is 0 Å². The molecule has 0 radical (unpaired) electrons. The van der Waals surface area contributed by atoms with E-state index in [-0.39, 0.29) is 45.5 Å². The Hall–Kier alpha value is 0.461. The summed E-state index contributed by atoms with van der Waals surface area (Å²) in [4.78, 5) is 0. The first-order valence-electron chi connectivity index (χ1n) is 0.697. The summed E-state index contributed by atoms with van der Waals surface area (Å²) < 4.78 is 0. The van der Waals surface area contributed by atoms with Crippen LogP contribution in [0.4, 0.5) is 0 Å². The Morgan fingerprint density at radius 3 is 1.20 bits per heavy atom.